The molecule has 1 aliphatic rings. The Balaban J connectivity index is 1.80. The molecule has 7 nitrogen and oxygen atoms in total. The van der Waals surface area contributed by atoms with Gasteiger partial charge in [-0.15, -0.1) is 0 Å². The van der Waals surface area contributed by atoms with Gasteiger partial charge < -0.3 is 4.74 Å². The number of nitrogens with one attached hydrogen (secondary N) is 1. The normalized spacial score (nSPS) is 19.4. The molecule has 3 heterocycles. The van der Waals surface area contributed by atoms with Crippen LogP contribution in [0.25, 0.3) is 0 Å². The Morgan fingerprint density at radius 1 is 1.39 bits per heavy atom. The summed E-state index contributed by atoms with van der Waals surface area (Å²) >= 11 is 6.39. The summed E-state index contributed by atoms with van der Waals surface area (Å²) in [6, 6.07) is 0.210. The SMILES string of the molecule is COCc1nc(C2CCCCN2Cc2c(C)nn(C)c2Cl)n[nH]1. The van der Waals surface area contributed by atoms with Crippen molar-refractivity contribution in [2.45, 2.75) is 45.4 Å². The number of halogens is 1. The fourth-order valence-corrected chi connectivity index (χ4v) is 3.42. The minimum absolute atomic E-state index is 0.210. The maximum Gasteiger partial charge on any atom is 0.167 e. The van der Waals surface area contributed by atoms with Crippen molar-refractivity contribution in [1.82, 2.24) is 29.9 Å². The van der Waals surface area contributed by atoms with Crippen molar-refractivity contribution in [3.8, 4) is 0 Å². The summed E-state index contributed by atoms with van der Waals surface area (Å²) in [4.78, 5) is 6.98. The van der Waals surface area contributed by atoms with Gasteiger partial charge in [0.1, 0.15) is 11.8 Å². The van der Waals surface area contributed by atoms with Crippen LogP contribution in [0.5, 0.6) is 0 Å². The number of hydrogen-bond acceptors (Lipinski definition) is 5. The smallest absolute Gasteiger partial charge is 0.167 e. The number of aromatic nitrogens is 5. The molecule has 0 bridgehead atoms. The standard InChI is InChI=1S/C15H23ClN6O/c1-10-11(14(16)21(2)20-10)8-22-7-5-4-6-12(22)15-17-13(9-23-3)18-19-15/h12H,4-9H2,1-3H3,(H,17,18,19). The lowest BCUT2D eigenvalue weighted by atomic mass is 10.0. The number of ether oxygens (including phenoxy) is 1. The van der Waals surface area contributed by atoms with Crippen LogP contribution in [0, 0.1) is 6.92 Å². The first kappa shape index (κ1) is 16.4. The molecule has 1 fully saturated rings. The molecule has 2 aromatic rings. The van der Waals surface area contributed by atoms with Gasteiger partial charge in [-0.1, -0.05) is 18.0 Å². The van der Waals surface area contributed by atoms with Gasteiger partial charge in [-0.25, -0.2) is 4.98 Å². The van der Waals surface area contributed by atoms with Crippen LogP contribution in [-0.4, -0.2) is 43.5 Å². The van der Waals surface area contributed by atoms with Gasteiger partial charge in [0, 0.05) is 26.3 Å². The van der Waals surface area contributed by atoms with Crippen LogP contribution in [0.2, 0.25) is 5.15 Å². The number of rotatable bonds is 5. The van der Waals surface area contributed by atoms with E-state index >= 15 is 0 Å². The molecule has 0 aromatic carbocycles. The lowest BCUT2D eigenvalue weighted by Crippen LogP contribution is -2.33. The van der Waals surface area contributed by atoms with E-state index in [1.54, 1.807) is 11.8 Å². The first-order valence-corrected chi connectivity index (χ1v) is 8.30. The van der Waals surface area contributed by atoms with Gasteiger partial charge in [0.25, 0.3) is 0 Å². The van der Waals surface area contributed by atoms with Gasteiger partial charge in [-0.2, -0.15) is 10.2 Å². The summed E-state index contributed by atoms with van der Waals surface area (Å²) in [6.45, 7) is 4.25. The molecule has 23 heavy (non-hydrogen) atoms. The van der Waals surface area contributed by atoms with Crippen molar-refractivity contribution >= 4 is 11.6 Å². The number of piperidine rings is 1. The van der Waals surface area contributed by atoms with E-state index in [4.69, 9.17) is 16.3 Å². The third-order valence-corrected chi connectivity index (χ3v) is 4.85. The predicted molar refractivity (Wildman–Crippen MR) is 87.1 cm³/mol. The van der Waals surface area contributed by atoms with Crippen LogP contribution in [0.3, 0.4) is 0 Å². The predicted octanol–water partition coefficient (Wildman–Crippen LogP) is 2.37. The first-order valence-electron chi connectivity index (χ1n) is 7.92. The van der Waals surface area contributed by atoms with Gasteiger partial charge in [0.15, 0.2) is 11.6 Å². The highest BCUT2D eigenvalue weighted by atomic mass is 35.5. The zero-order valence-corrected chi connectivity index (χ0v) is 14.6. The van der Waals surface area contributed by atoms with E-state index in [0.29, 0.717) is 11.8 Å². The topological polar surface area (TPSA) is 71.9 Å². The van der Waals surface area contributed by atoms with Crippen molar-refractivity contribution < 1.29 is 4.74 Å². The van der Waals surface area contributed by atoms with E-state index in [1.165, 1.54) is 12.8 Å². The van der Waals surface area contributed by atoms with Gasteiger partial charge >= 0.3 is 0 Å². The molecule has 0 saturated carbocycles. The molecule has 1 N–H and O–H groups in total. The number of hydrogen-bond donors (Lipinski definition) is 1. The molecule has 0 aliphatic carbocycles. The quantitative estimate of drug-likeness (QED) is 0.906. The molecule has 3 rings (SSSR count). The Morgan fingerprint density at radius 3 is 2.91 bits per heavy atom. The zero-order chi connectivity index (χ0) is 16.4. The summed E-state index contributed by atoms with van der Waals surface area (Å²) in [7, 11) is 3.53. The highest BCUT2D eigenvalue weighted by Crippen LogP contribution is 2.32. The minimum Gasteiger partial charge on any atom is -0.377 e. The monoisotopic (exact) mass is 338 g/mol. The molecule has 126 valence electrons. The molecular weight excluding hydrogens is 316 g/mol. The van der Waals surface area contributed by atoms with Crippen molar-refractivity contribution in [2.75, 3.05) is 13.7 Å². The van der Waals surface area contributed by atoms with E-state index < -0.39 is 0 Å². The fraction of sp³-hybridized carbons (Fsp3) is 0.667. The van der Waals surface area contributed by atoms with Crippen molar-refractivity contribution in [1.29, 1.82) is 0 Å². The van der Waals surface area contributed by atoms with Gasteiger partial charge in [0.05, 0.1) is 11.7 Å². The molecule has 1 unspecified atom stereocenters. The lowest BCUT2D eigenvalue weighted by molar-refractivity contribution is 0.133. The highest BCUT2D eigenvalue weighted by Gasteiger charge is 2.29. The molecular formula is C15H23ClN6O. The van der Waals surface area contributed by atoms with Gasteiger partial charge in [0.2, 0.25) is 0 Å². The molecule has 2 aromatic heterocycles. The first-order chi connectivity index (χ1) is 11.1. The van der Waals surface area contributed by atoms with Crippen LogP contribution in [-0.2, 0) is 24.9 Å². The molecule has 0 amide bonds. The molecule has 1 atom stereocenters. The fourth-order valence-electron chi connectivity index (χ4n) is 3.19. The summed E-state index contributed by atoms with van der Waals surface area (Å²) in [6.07, 6.45) is 3.43. The van der Waals surface area contributed by atoms with E-state index in [-0.39, 0.29) is 6.04 Å². The third-order valence-electron chi connectivity index (χ3n) is 4.37. The van der Waals surface area contributed by atoms with Gasteiger partial charge in [-0.05, 0) is 26.3 Å². The average Bonchev–Trinajstić information content (AvgIpc) is 3.09. The largest absolute Gasteiger partial charge is 0.377 e. The Kier molecular flexibility index (Phi) is 4.99. The number of nitrogens with zero attached hydrogens (tertiary/aromatic N) is 5. The highest BCUT2D eigenvalue weighted by molar-refractivity contribution is 6.30. The van der Waals surface area contributed by atoms with Crippen molar-refractivity contribution in [3.05, 3.63) is 28.1 Å². The second-order valence-electron chi connectivity index (χ2n) is 6.03. The average molecular weight is 339 g/mol. The number of likely N-dealkylation sites (tertiary alicyclic amines) is 1. The third kappa shape index (κ3) is 3.41. The van der Waals surface area contributed by atoms with Crippen molar-refractivity contribution in [2.24, 2.45) is 7.05 Å². The van der Waals surface area contributed by atoms with Gasteiger partial charge in [-0.3, -0.25) is 14.7 Å². The Hall–Kier alpha value is -1.44. The Labute approximate surface area is 141 Å². The molecule has 1 aliphatic heterocycles. The number of methoxy groups -OCH3 is 1. The summed E-state index contributed by atoms with van der Waals surface area (Å²) < 4.78 is 6.84. The maximum atomic E-state index is 6.39. The minimum atomic E-state index is 0.210. The molecule has 1 saturated heterocycles. The van der Waals surface area contributed by atoms with Crippen molar-refractivity contribution in [3.63, 3.8) is 0 Å². The second kappa shape index (κ2) is 6.98. The van der Waals surface area contributed by atoms with Crippen LogP contribution < -0.4 is 0 Å². The van der Waals surface area contributed by atoms with Crippen LogP contribution >= 0.6 is 11.6 Å². The molecule has 0 radical (unpaired) electrons. The van der Waals surface area contributed by atoms with Crippen LogP contribution in [0.1, 0.15) is 48.2 Å². The van der Waals surface area contributed by atoms with Crippen LogP contribution in [0.4, 0.5) is 0 Å². The second-order valence-corrected chi connectivity index (χ2v) is 6.39. The zero-order valence-electron chi connectivity index (χ0n) is 13.8. The summed E-state index contributed by atoms with van der Waals surface area (Å²) in [5.74, 6) is 1.61. The van der Waals surface area contributed by atoms with E-state index in [2.05, 4.69) is 25.2 Å². The number of H-pyrrole nitrogens is 1. The number of aryl methyl sites for hydroxylation is 2. The number of aromatic amines is 1. The van der Waals surface area contributed by atoms with Crippen LogP contribution in [0.15, 0.2) is 0 Å². The van der Waals surface area contributed by atoms with E-state index in [1.807, 2.05) is 14.0 Å². The Morgan fingerprint density at radius 2 is 2.22 bits per heavy atom. The Bertz CT molecular complexity index is 667. The molecule has 0 spiro atoms. The molecule has 8 heteroatoms. The maximum absolute atomic E-state index is 6.39. The van der Waals surface area contributed by atoms with E-state index in [0.717, 1.165) is 42.4 Å². The lowest BCUT2D eigenvalue weighted by Gasteiger charge is -2.33. The summed E-state index contributed by atoms with van der Waals surface area (Å²) in [5.41, 5.74) is 2.07. The summed E-state index contributed by atoms with van der Waals surface area (Å²) in [5, 5.41) is 12.5. The van der Waals surface area contributed by atoms with E-state index in [9.17, 15) is 0 Å².